The van der Waals surface area contributed by atoms with Crippen molar-refractivity contribution < 1.29 is 13.2 Å². The third-order valence-corrected chi connectivity index (χ3v) is 4.49. The van der Waals surface area contributed by atoms with Crippen molar-refractivity contribution in [3.8, 4) is 5.75 Å². The van der Waals surface area contributed by atoms with E-state index in [4.69, 9.17) is 15.4 Å². The molecule has 0 aliphatic heterocycles. The van der Waals surface area contributed by atoms with Crippen molar-refractivity contribution in [3.63, 3.8) is 0 Å². The maximum atomic E-state index is 10.7. The summed E-state index contributed by atoms with van der Waals surface area (Å²) in [5.41, 5.74) is 1.18. The molecule has 0 saturated carbocycles. The van der Waals surface area contributed by atoms with Gasteiger partial charge in [0, 0.05) is 10.7 Å². The van der Waals surface area contributed by atoms with Crippen molar-refractivity contribution in [2.45, 2.75) is 32.6 Å². The Hall–Kier alpha value is -0.260. The largest absolute Gasteiger partial charge is 0.492 e. The highest BCUT2D eigenvalue weighted by atomic mass is 79.9. The lowest BCUT2D eigenvalue weighted by atomic mass is 10.2. The second-order valence-corrected chi connectivity index (χ2v) is 8.19. The molecule has 0 N–H and O–H groups in total. The van der Waals surface area contributed by atoms with Crippen molar-refractivity contribution in [1.82, 2.24) is 0 Å². The van der Waals surface area contributed by atoms with Gasteiger partial charge in [-0.15, -0.1) is 0 Å². The molecule has 0 aliphatic rings. The third-order valence-electron chi connectivity index (χ3n) is 2.63. The van der Waals surface area contributed by atoms with E-state index in [2.05, 4.69) is 15.9 Å². The Labute approximate surface area is 127 Å². The van der Waals surface area contributed by atoms with E-state index in [1.165, 1.54) is 5.56 Å². The first-order valence-corrected chi connectivity index (χ1v) is 9.47. The van der Waals surface area contributed by atoms with Gasteiger partial charge in [-0.3, -0.25) is 0 Å². The first-order valence-electron chi connectivity index (χ1n) is 6.20. The molecular weight excluding hydrogens is 352 g/mol. The average molecular weight is 370 g/mol. The topological polar surface area (TPSA) is 43.4 Å². The van der Waals surface area contributed by atoms with Gasteiger partial charge in [0.1, 0.15) is 5.75 Å². The van der Waals surface area contributed by atoms with Gasteiger partial charge >= 0.3 is 0 Å². The Balaban J connectivity index is 2.14. The minimum Gasteiger partial charge on any atom is -0.492 e. The molecule has 0 radical (unpaired) electrons. The summed E-state index contributed by atoms with van der Waals surface area (Å²) in [6.45, 7) is 2.66. The summed E-state index contributed by atoms with van der Waals surface area (Å²) in [6.07, 6.45) is 3.31. The van der Waals surface area contributed by atoms with Gasteiger partial charge in [0.05, 0.1) is 16.8 Å². The molecule has 108 valence electrons. The fraction of sp³-hybridized carbons (Fsp3) is 0.538. The van der Waals surface area contributed by atoms with E-state index in [1.54, 1.807) is 0 Å². The highest BCUT2D eigenvalue weighted by molar-refractivity contribution is 9.10. The zero-order valence-corrected chi connectivity index (χ0v) is 14.0. The molecule has 0 atom stereocenters. The maximum absolute atomic E-state index is 10.7. The number of ether oxygens (including phenoxy) is 1. The van der Waals surface area contributed by atoms with Gasteiger partial charge in [0.15, 0.2) is 0 Å². The summed E-state index contributed by atoms with van der Waals surface area (Å²) < 4.78 is 28.0. The first kappa shape index (κ1) is 16.8. The van der Waals surface area contributed by atoms with E-state index in [1.807, 2.05) is 25.1 Å². The van der Waals surface area contributed by atoms with Crippen LogP contribution in [-0.4, -0.2) is 20.8 Å². The Morgan fingerprint density at radius 2 is 1.89 bits per heavy atom. The smallest absolute Gasteiger partial charge is 0.232 e. The van der Waals surface area contributed by atoms with Crippen molar-refractivity contribution >= 4 is 35.7 Å². The van der Waals surface area contributed by atoms with E-state index < -0.39 is 9.05 Å². The number of hydrogen-bond acceptors (Lipinski definition) is 3. The lowest BCUT2D eigenvalue weighted by Crippen LogP contribution is -2.00. The maximum Gasteiger partial charge on any atom is 0.232 e. The minimum absolute atomic E-state index is 0.0545. The van der Waals surface area contributed by atoms with Gasteiger partial charge in [0.25, 0.3) is 0 Å². The summed E-state index contributed by atoms with van der Waals surface area (Å²) >= 11 is 3.46. The molecule has 6 heteroatoms. The molecule has 0 spiro atoms. The summed E-state index contributed by atoms with van der Waals surface area (Å²) in [4.78, 5) is 0. The number of rotatable bonds is 8. The van der Waals surface area contributed by atoms with Crippen molar-refractivity contribution in [2.24, 2.45) is 0 Å². The van der Waals surface area contributed by atoms with Crippen molar-refractivity contribution in [3.05, 3.63) is 28.2 Å². The zero-order chi connectivity index (χ0) is 14.3. The van der Waals surface area contributed by atoms with E-state index >= 15 is 0 Å². The van der Waals surface area contributed by atoms with Crippen LogP contribution in [-0.2, 0) is 9.05 Å². The van der Waals surface area contributed by atoms with Gasteiger partial charge in [-0.1, -0.05) is 18.9 Å². The standard InChI is InChI=1S/C13H18BrClO3S/c1-11-6-7-13(12(14)10-11)18-8-4-2-3-5-9-19(15,16)17/h6-7,10H,2-5,8-9H2,1H3. The molecular formula is C13H18BrClO3S. The highest BCUT2D eigenvalue weighted by Crippen LogP contribution is 2.25. The molecule has 0 unspecified atom stereocenters. The van der Waals surface area contributed by atoms with Crippen LogP contribution in [0.3, 0.4) is 0 Å². The van der Waals surface area contributed by atoms with Crippen LogP contribution >= 0.6 is 26.6 Å². The number of unbranched alkanes of at least 4 members (excludes halogenated alkanes) is 3. The molecule has 1 aromatic carbocycles. The van der Waals surface area contributed by atoms with Crippen LogP contribution in [0, 0.1) is 6.92 Å². The first-order chi connectivity index (χ1) is 8.88. The Kier molecular flexibility index (Phi) is 7.18. The van der Waals surface area contributed by atoms with E-state index in [9.17, 15) is 8.42 Å². The Morgan fingerprint density at radius 3 is 2.53 bits per heavy atom. The van der Waals surface area contributed by atoms with Crippen LogP contribution in [0.4, 0.5) is 0 Å². The molecule has 19 heavy (non-hydrogen) atoms. The fourth-order valence-corrected chi connectivity index (χ4v) is 3.12. The summed E-state index contributed by atoms with van der Waals surface area (Å²) in [6, 6.07) is 5.96. The predicted molar refractivity (Wildman–Crippen MR) is 82.5 cm³/mol. The summed E-state index contributed by atoms with van der Waals surface area (Å²) in [5.74, 6) is 0.896. The molecule has 0 amide bonds. The van der Waals surface area contributed by atoms with Crippen LogP contribution in [0.5, 0.6) is 5.75 Å². The van der Waals surface area contributed by atoms with E-state index in [0.29, 0.717) is 13.0 Å². The van der Waals surface area contributed by atoms with Gasteiger partial charge in [-0.2, -0.15) is 0 Å². The molecule has 1 aromatic rings. The zero-order valence-electron chi connectivity index (χ0n) is 10.9. The van der Waals surface area contributed by atoms with Crippen LogP contribution in [0.25, 0.3) is 0 Å². The molecule has 3 nitrogen and oxygen atoms in total. The summed E-state index contributed by atoms with van der Waals surface area (Å²) in [7, 11) is 1.79. The number of halogens is 2. The SMILES string of the molecule is Cc1ccc(OCCCCCCS(=O)(=O)Cl)c(Br)c1. The molecule has 0 bridgehead atoms. The van der Waals surface area contributed by atoms with Crippen LogP contribution in [0.1, 0.15) is 31.2 Å². The number of hydrogen-bond donors (Lipinski definition) is 0. The lowest BCUT2D eigenvalue weighted by Gasteiger charge is -2.08. The molecule has 0 aromatic heterocycles. The fourth-order valence-electron chi connectivity index (χ4n) is 1.64. The van der Waals surface area contributed by atoms with Gasteiger partial charge < -0.3 is 4.74 Å². The van der Waals surface area contributed by atoms with Gasteiger partial charge in [0.2, 0.25) is 9.05 Å². The van der Waals surface area contributed by atoms with Crippen LogP contribution in [0.15, 0.2) is 22.7 Å². The van der Waals surface area contributed by atoms with E-state index in [0.717, 1.165) is 29.5 Å². The quantitative estimate of drug-likeness (QED) is 0.508. The Morgan fingerprint density at radius 1 is 1.21 bits per heavy atom. The van der Waals surface area contributed by atoms with Crippen LogP contribution in [0.2, 0.25) is 0 Å². The monoisotopic (exact) mass is 368 g/mol. The van der Waals surface area contributed by atoms with Gasteiger partial charge in [-0.25, -0.2) is 8.42 Å². The lowest BCUT2D eigenvalue weighted by molar-refractivity contribution is 0.303. The number of benzene rings is 1. The van der Waals surface area contributed by atoms with Crippen molar-refractivity contribution in [2.75, 3.05) is 12.4 Å². The molecule has 0 saturated heterocycles. The van der Waals surface area contributed by atoms with E-state index in [-0.39, 0.29) is 5.75 Å². The third kappa shape index (κ3) is 7.80. The minimum atomic E-state index is -3.33. The average Bonchev–Trinajstić information content (AvgIpc) is 2.29. The molecule has 0 aliphatic carbocycles. The summed E-state index contributed by atoms with van der Waals surface area (Å²) in [5, 5.41) is 0. The van der Waals surface area contributed by atoms with Crippen LogP contribution < -0.4 is 4.74 Å². The molecule has 0 fully saturated rings. The Bertz CT molecular complexity index is 503. The molecule has 1 rings (SSSR count). The molecule has 0 heterocycles. The highest BCUT2D eigenvalue weighted by Gasteiger charge is 2.04. The predicted octanol–water partition coefficient (Wildman–Crippen LogP) is 4.27. The van der Waals surface area contributed by atoms with Gasteiger partial charge in [-0.05, 0) is 53.4 Å². The second kappa shape index (κ2) is 8.12. The second-order valence-electron chi connectivity index (χ2n) is 4.44. The normalized spacial score (nSPS) is 11.5. The van der Waals surface area contributed by atoms with Crippen molar-refractivity contribution in [1.29, 1.82) is 0 Å². The number of aryl methyl sites for hydroxylation is 1.